The standard InChI is InChI=1S/C16H23Br2NO2/c1-3-5-10-21-14-8-6-13(7-9-14)15(20)19-16(4-2,11-17)12-18/h6-9H,3-5,10-12H2,1-2H3,(H,19,20). The molecule has 0 unspecified atom stereocenters. The lowest BCUT2D eigenvalue weighted by Gasteiger charge is -2.30. The highest BCUT2D eigenvalue weighted by Gasteiger charge is 2.27. The first-order valence-electron chi connectivity index (χ1n) is 7.28. The normalized spacial score (nSPS) is 11.2. The summed E-state index contributed by atoms with van der Waals surface area (Å²) in [6.45, 7) is 4.91. The number of hydrogen-bond acceptors (Lipinski definition) is 2. The molecule has 21 heavy (non-hydrogen) atoms. The van der Waals surface area contributed by atoms with E-state index in [9.17, 15) is 4.79 Å². The molecule has 1 rings (SSSR count). The van der Waals surface area contributed by atoms with E-state index in [-0.39, 0.29) is 11.4 Å². The number of rotatable bonds is 9. The van der Waals surface area contributed by atoms with Gasteiger partial charge < -0.3 is 10.1 Å². The fraction of sp³-hybridized carbons (Fsp3) is 0.562. The minimum atomic E-state index is -0.257. The van der Waals surface area contributed by atoms with E-state index >= 15 is 0 Å². The maximum atomic E-state index is 12.3. The molecule has 0 radical (unpaired) electrons. The Bertz CT molecular complexity index is 422. The van der Waals surface area contributed by atoms with Crippen molar-refractivity contribution < 1.29 is 9.53 Å². The molecule has 1 aromatic carbocycles. The molecule has 0 spiro atoms. The minimum Gasteiger partial charge on any atom is -0.494 e. The lowest BCUT2D eigenvalue weighted by molar-refractivity contribution is 0.0915. The maximum absolute atomic E-state index is 12.3. The number of ether oxygens (including phenoxy) is 1. The van der Waals surface area contributed by atoms with Crippen molar-refractivity contribution in [2.75, 3.05) is 17.3 Å². The van der Waals surface area contributed by atoms with Crippen LogP contribution in [0.25, 0.3) is 0 Å². The summed E-state index contributed by atoms with van der Waals surface area (Å²) in [4.78, 5) is 12.3. The summed E-state index contributed by atoms with van der Waals surface area (Å²) >= 11 is 6.95. The van der Waals surface area contributed by atoms with Gasteiger partial charge in [0.2, 0.25) is 0 Å². The molecule has 0 aliphatic heterocycles. The Labute approximate surface area is 144 Å². The van der Waals surface area contributed by atoms with Crippen LogP contribution in [-0.4, -0.2) is 28.7 Å². The third-order valence-electron chi connectivity index (χ3n) is 3.45. The van der Waals surface area contributed by atoms with Crippen LogP contribution in [0.2, 0.25) is 0 Å². The van der Waals surface area contributed by atoms with E-state index in [1.165, 1.54) is 0 Å². The molecule has 3 nitrogen and oxygen atoms in total. The monoisotopic (exact) mass is 419 g/mol. The Kier molecular flexibility index (Phi) is 8.34. The van der Waals surface area contributed by atoms with Crippen LogP contribution in [0.1, 0.15) is 43.5 Å². The van der Waals surface area contributed by atoms with Crippen LogP contribution in [0.3, 0.4) is 0 Å². The number of carbonyl (C=O) groups excluding carboxylic acids is 1. The van der Waals surface area contributed by atoms with Crippen molar-refractivity contribution >= 4 is 37.8 Å². The van der Waals surface area contributed by atoms with Gasteiger partial charge in [-0.05, 0) is 37.1 Å². The number of carbonyl (C=O) groups is 1. The molecule has 0 aliphatic carbocycles. The number of halogens is 2. The Morgan fingerprint density at radius 1 is 1.19 bits per heavy atom. The first-order chi connectivity index (χ1) is 10.1. The molecule has 0 bridgehead atoms. The summed E-state index contributed by atoms with van der Waals surface area (Å²) in [5, 5.41) is 4.52. The summed E-state index contributed by atoms with van der Waals surface area (Å²) < 4.78 is 5.60. The second-order valence-electron chi connectivity index (χ2n) is 5.08. The molecule has 0 atom stereocenters. The highest BCUT2D eigenvalue weighted by molar-refractivity contribution is 9.09. The van der Waals surface area contributed by atoms with Gasteiger partial charge in [-0.15, -0.1) is 0 Å². The number of amides is 1. The van der Waals surface area contributed by atoms with E-state index in [1.54, 1.807) is 12.1 Å². The number of nitrogens with one attached hydrogen (secondary N) is 1. The van der Waals surface area contributed by atoms with Gasteiger partial charge in [-0.3, -0.25) is 4.79 Å². The third kappa shape index (κ3) is 5.62. The van der Waals surface area contributed by atoms with Crippen LogP contribution in [0.15, 0.2) is 24.3 Å². The van der Waals surface area contributed by atoms with Crippen molar-refractivity contribution in [1.29, 1.82) is 0 Å². The third-order valence-corrected chi connectivity index (χ3v) is 5.60. The molecule has 118 valence electrons. The van der Waals surface area contributed by atoms with Crippen LogP contribution in [-0.2, 0) is 0 Å². The van der Waals surface area contributed by atoms with Crippen molar-refractivity contribution in [2.24, 2.45) is 0 Å². The van der Waals surface area contributed by atoms with Crippen LogP contribution in [0.4, 0.5) is 0 Å². The lowest BCUT2D eigenvalue weighted by atomic mass is 10.0. The predicted molar refractivity (Wildman–Crippen MR) is 94.9 cm³/mol. The molecule has 5 heteroatoms. The zero-order valence-corrected chi connectivity index (χ0v) is 15.8. The van der Waals surface area contributed by atoms with E-state index in [0.29, 0.717) is 22.8 Å². The summed E-state index contributed by atoms with van der Waals surface area (Å²) in [5.74, 6) is 0.749. The summed E-state index contributed by atoms with van der Waals surface area (Å²) in [5.41, 5.74) is 0.394. The number of unbranched alkanes of at least 4 members (excludes halogenated alkanes) is 1. The van der Waals surface area contributed by atoms with Crippen LogP contribution < -0.4 is 10.1 Å². The average molecular weight is 421 g/mol. The van der Waals surface area contributed by atoms with Gasteiger partial charge in [0, 0.05) is 16.2 Å². The van der Waals surface area contributed by atoms with Gasteiger partial charge in [-0.2, -0.15) is 0 Å². The molecule has 0 saturated carbocycles. The maximum Gasteiger partial charge on any atom is 0.251 e. The molecule has 0 fully saturated rings. The molecule has 0 aromatic heterocycles. The van der Waals surface area contributed by atoms with Gasteiger partial charge in [0.25, 0.3) is 5.91 Å². The van der Waals surface area contributed by atoms with Gasteiger partial charge in [0.1, 0.15) is 5.75 Å². The van der Waals surface area contributed by atoms with Gasteiger partial charge in [-0.1, -0.05) is 52.1 Å². The molecule has 0 aliphatic rings. The van der Waals surface area contributed by atoms with E-state index in [2.05, 4.69) is 51.0 Å². The quantitative estimate of drug-likeness (QED) is 0.470. The first kappa shape index (κ1) is 18.5. The van der Waals surface area contributed by atoms with Gasteiger partial charge in [0.15, 0.2) is 0 Å². The zero-order valence-electron chi connectivity index (χ0n) is 12.6. The molecule has 1 aromatic rings. The van der Waals surface area contributed by atoms with Crippen LogP contribution >= 0.6 is 31.9 Å². The molecule has 1 N–H and O–H groups in total. The second kappa shape index (κ2) is 9.46. The largest absolute Gasteiger partial charge is 0.494 e. The lowest BCUT2D eigenvalue weighted by Crippen LogP contribution is -2.51. The van der Waals surface area contributed by atoms with E-state index < -0.39 is 0 Å². The van der Waals surface area contributed by atoms with Crippen LogP contribution in [0, 0.1) is 0 Å². The van der Waals surface area contributed by atoms with E-state index in [0.717, 1.165) is 25.0 Å². The fourth-order valence-electron chi connectivity index (χ4n) is 1.73. The Hall–Kier alpha value is -0.550. The molecule has 1 amide bonds. The fourth-order valence-corrected chi connectivity index (χ4v) is 3.73. The average Bonchev–Trinajstić information content (AvgIpc) is 2.53. The van der Waals surface area contributed by atoms with Crippen LogP contribution in [0.5, 0.6) is 5.75 Å². The summed E-state index contributed by atoms with van der Waals surface area (Å²) in [7, 11) is 0. The zero-order chi connectivity index (χ0) is 15.7. The molecule has 0 saturated heterocycles. The van der Waals surface area contributed by atoms with Crippen molar-refractivity contribution in [3.8, 4) is 5.75 Å². The summed E-state index contributed by atoms with van der Waals surface area (Å²) in [6, 6.07) is 7.31. The van der Waals surface area contributed by atoms with Crippen molar-refractivity contribution in [1.82, 2.24) is 5.32 Å². The SMILES string of the molecule is CCCCOc1ccc(C(=O)NC(CC)(CBr)CBr)cc1. The second-order valence-corrected chi connectivity index (χ2v) is 6.20. The van der Waals surface area contributed by atoms with E-state index in [4.69, 9.17) is 4.74 Å². The Balaban J connectivity index is 2.66. The first-order valence-corrected chi connectivity index (χ1v) is 9.52. The number of hydrogen-bond donors (Lipinski definition) is 1. The number of benzene rings is 1. The van der Waals surface area contributed by atoms with Crippen molar-refractivity contribution in [3.05, 3.63) is 29.8 Å². The smallest absolute Gasteiger partial charge is 0.251 e. The molecule has 0 heterocycles. The van der Waals surface area contributed by atoms with Gasteiger partial charge in [0.05, 0.1) is 12.1 Å². The molecular formula is C16H23Br2NO2. The number of alkyl halides is 2. The topological polar surface area (TPSA) is 38.3 Å². The van der Waals surface area contributed by atoms with E-state index in [1.807, 2.05) is 12.1 Å². The predicted octanol–water partition coefficient (Wildman–Crippen LogP) is 4.53. The highest BCUT2D eigenvalue weighted by atomic mass is 79.9. The Morgan fingerprint density at radius 2 is 1.81 bits per heavy atom. The van der Waals surface area contributed by atoms with Crippen molar-refractivity contribution in [3.63, 3.8) is 0 Å². The van der Waals surface area contributed by atoms with Crippen molar-refractivity contribution in [2.45, 2.75) is 38.6 Å². The summed E-state index contributed by atoms with van der Waals surface area (Å²) in [6.07, 6.45) is 3.00. The van der Waals surface area contributed by atoms with Gasteiger partial charge >= 0.3 is 0 Å². The van der Waals surface area contributed by atoms with Gasteiger partial charge in [-0.25, -0.2) is 0 Å². The minimum absolute atomic E-state index is 0.0594. The highest BCUT2D eigenvalue weighted by Crippen LogP contribution is 2.19. The Morgan fingerprint density at radius 3 is 2.29 bits per heavy atom. The molecular weight excluding hydrogens is 398 g/mol.